The van der Waals surface area contributed by atoms with Gasteiger partial charge in [-0.3, -0.25) is 4.98 Å². The predicted molar refractivity (Wildman–Crippen MR) is 52.6 cm³/mol. The monoisotopic (exact) mass is 180 g/mol. The van der Waals surface area contributed by atoms with Crippen LogP contribution in [0, 0.1) is 0 Å². The number of pyridine rings is 1. The maximum absolute atomic E-state index is 5.66. The first-order chi connectivity index (χ1) is 6.09. The summed E-state index contributed by atoms with van der Waals surface area (Å²) in [6, 6.07) is 3.77. The topological polar surface area (TPSA) is 48.1 Å². The molecule has 13 heavy (non-hydrogen) atoms. The Morgan fingerprint density at radius 2 is 2.00 bits per heavy atom. The van der Waals surface area contributed by atoms with Gasteiger partial charge < -0.3 is 10.5 Å². The Bertz CT molecular complexity index is 254. The smallest absolute Gasteiger partial charge is 0.137 e. The summed E-state index contributed by atoms with van der Waals surface area (Å²) in [5.41, 5.74) is 6.55. The van der Waals surface area contributed by atoms with Crippen molar-refractivity contribution in [1.29, 1.82) is 0 Å². The predicted octanol–water partition coefficient (Wildman–Crippen LogP) is 1.89. The van der Waals surface area contributed by atoms with Gasteiger partial charge in [-0.05, 0) is 32.9 Å². The average molecular weight is 180 g/mol. The summed E-state index contributed by atoms with van der Waals surface area (Å²) in [5, 5.41) is 0. The molecule has 0 unspecified atom stereocenters. The van der Waals surface area contributed by atoms with E-state index in [2.05, 4.69) is 4.98 Å². The van der Waals surface area contributed by atoms with Gasteiger partial charge in [0.25, 0.3) is 0 Å². The fraction of sp³-hybridized carbons (Fsp3) is 0.500. The van der Waals surface area contributed by atoms with E-state index in [0.29, 0.717) is 0 Å². The van der Waals surface area contributed by atoms with Crippen molar-refractivity contribution in [3.8, 4) is 5.75 Å². The first kappa shape index (κ1) is 9.99. The Hall–Kier alpha value is -1.09. The summed E-state index contributed by atoms with van der Waals surface area (Å²) in [6.45, 7) is 5.88. The maximum atomic E-state index is 5.66. The van der Waals surface area contributed by atoms with Gasteiger partial charge in [0.2, 0.25) is 0 Å². The van der Waals surface area contributed by atoms with Crippen molar-refractivity contribution in [2.75, 3.05) is 0 Å². The van der Waals surface area contributed by atoms with E-state index in [-0.39, 0.29) is 12.1 Å². The molecule has 0 radical (unpaired) electrons. The van der Waals surface area contributed by atoms with E-state index in [1.165, 1.54) is 0 Å². The third-order valence-corrected chi connectivity index (χ3v) is 1.60. The zero-order chi connectivity index (χ0) is 9.84. The summed E-state index contributed by atoms with van der Waals surface area (Å²) in [4.78, 5) is 4.18. The minimum Gasteiger partial charge on any atom is -0.489 e. The van der Waals surface area contributed by atoms with Gasteiger partial charge in [-0.25, -0.2) is 0 Å². The fourth-order valence-corrected chi connectivity index (χ4v) is 1.00. The van der Waals surface area contributed by atoms with Gasteiger partial charge in [0.15, 0.2) is 0 Å². The van der Waals surface area contributed by atoms with Crippen LogP contribution >= 0.6 is 0 Å². The van der Waals surface area contributed by atoms with Crippen LogP contribution in [0.1, 0.15) is 32.5 Å². The average Bonchev–Trinajstić information content (AvgIpc) is 2.04. The van der Waals surface area contributed by atoms with E-state index >= 15 is 0 Å². The second-order valence-electron chi connectivity index (χ2n) is 3.37. The molecule has 1 rings (SSSR count). The molecule has 0 fully saturated rings. The van der Waals surface area contributed by atoms with Crippen LogP contribution in [0.2, 0.25) is 0 Å². The molecule has 0 amide bonds. The van der Waals surface area contributed by atoms with Crippen molar-refractivity contribution in [2.45, 2.75) is 32.9 Å². The third kappa shape index (κ3) is 3.03. The maximum Gasteiger partial charge on any atom is 0.137 e. The molecular weight excluding hydrogens is 164 g/mol. The van der Waals surface area contributed by atoms with Crippen LogP contribution in [0.5, 0.6) is 5.75 Å². The van der Waals surface area contributed by atoms with E-state index in [9.17, 15) is 0 Å². The summed E-state index contributed by atoms with van der Waals surface area (Å²) in [6.07, 6.45) is 1.89. The Morgan fingerprint density at radius 1 is 1.31 bits per heavy atom. The number of ether oxygens (including phenoxy) is 1. The highest BCUT2D eigenvalue weighted by Gasteiger charge is 2.01. The molecule has 0 aliphatic heterocycles. The van der Waals surface area contributed by atoms with Gasteiger partial charge in [-0.15, -0.1) is 0 Å². The van der Waals surface area contributed by atoms with Crippen molar-refractivity contribution in [3.63, 3.8) is 0 Å². The van der Waals surface area contributed by atoms with Crippen LogP contribution in [0.25, 0.3) is 0 Å². The van der Waals surface area contributed by atoms with E-state index in [0.717, 1.165) is 11.4 Å². The second kappa shape index (κ2) is 4.23. The van der Waals surface area contributed by atoms with Crippen LogP contribution in [0.3, 0.4) is 0 Å². The van der Waals surface area contributed by atoms with Crippen LogP contribution < -0.4 is 10.5 Å². The molecule has 1 atom stereocenters. The SMILES string of the molecule is CC(C)Oc1ccc([C@@H](C)N)nc1. The first-order valence-electron chi connectivity index (χ1n) is 4.48. The highest BCUT2D eigenvalue weighted by Crippen LogP contribution is 2.13. The van der Waals surface area contributed by atoms with E-state index in [1.54, 1.807) is 6.20 Å². The minimum absolute atomic E-state index is 0.0203. The standard InChI is InChI=1S/C10H16N2O/c1-7(2)13-9-4-5-10(8(3)11)12-6-9/h4-8H,11H2,1-3H3/t8-/m1/s1. The number of nitrogens with two attached hydrogens (primary N) is 1. The van der Waals surface area contributed by atoms with E-state index < -0.39 is 0 Å². The van der Waals surface area contributed by atoms with Crippen LogP contribution in [0.4, 0.5) is 0 Å². The first-order valence-corrected chi connectivity index (χ1v) is 4.48. The second-order valence-corrected chi connectivity index (χ2v) is 3.37. The number of rotatable bonds is 3. The molecule has 0 aromatic carbocycles. The Kier molecular flexibility index (Phi) is 3.25. The summed E-state index contributed by atoms with van der Waals surface area (Å²) >= 11 is 0. The van der Waals surface area contributed by atoms with Gasteiger partial charge >= 0.3 is 0 Å². The molecule has 3 heteroatoms. The van der Waals surface area contributed by atoms with Gasteiger partial charge in [0, 0.05) is 6.04 Å². The lowest BCUT2D eigenvalue weighted by Gasteiger charge is -2.10. The molecule has 3 nitrogen and oxygen atoms in total. The molecule has 0 spiro atoms. The van der Waals surface area contributed by atoms with Gasteiger partial charge in [0.1, 0.15) is 5.75 Å². The molecule has 0 saturated heterocycles. The lowest BCUT2D eigenvalue weighted by atomic mass is 10.2. The van der Waals surface area contributed by atoms with Crippen molar-refractivity contribution < 1.29 is 4.74 Å². The van der Waals surface area contributed by atoms with Crippen LogP contribution in [0.15, 0.2) is 18.3 Å². The third-order valence-electron chi connectivity index (χ3n) is 1.60. The lowest BCUT2D eigenvalue weighted by molar-refractivity contribution is 0.241. The van der Waals surface area contributed by atoms with Crippen LogP contribution in [-0.2, 0) is 0 Å². The minimum atomic E-state index is -0.0203. The normalized spacial score (nSPS) is 13.0. The van der Waals surface area contributed by atoms with Crippen LogP contribution in [-0.4, -0.2) is 11.1 Å². The number of hydrogen-bond acceptors (Lipinski definition) is 3. The molecule has 1 aromatic rings. The molecule has 72 valence electrons. The molecule has 2 N–H and O–H groups in total. The molecular formula is C10H16N2O. The van der Waals surface area contributed by atoms with Crippen molar-refractivity contribution >= 4 is 0 Å². The van der Waals surface area contributed by atoms with Crippen molar-refractivity contribution in [2.24, 2.45) is 5.73 Å². The largest absolute Gasteiger partial charge is 0.489 e. The highest BCUT2D eigenvalue weighted by molar-refractivity contribution is 5.21. The molecule has 1 aromatic heterocycles. The number of nitrogens with zero attached hydrogens (tertiary/aromatic N) is 1. The summed E-state index contributed by atoms with van der Waals surface area (Å²) in [7, 11) is 0. The summed E-state index contributed by atoms with van der Waals surface area (Å²) < 4.78 is 5.45. The van der Waals surface area contributed by atoms with Gasteiger partial charge in [0.05, 0.1) is 18.0 Å². The fourth-order valence-electron chi connectivity index (χ4n) is 1.00. The zero-order valence-electron chi connectivity index (χ0n) is 8.32. The molecule has 0 bridgehead atoms. The molecule has 0 saturated carbocycles. The molecule has 0 aliphatic carbocycles. The molecule has 1 heterocycles. The lowest BCUT2D eigenvalue weighted by Crippen LogP contribution is -2.09. The van der Waals surface area contributed by atoms with Crippen molar-refractivity contribution in [3.05, 3.63) is 24.0 Å². The Labute approximate surface area is 78.9 Å². The van der Waals surface area contributed by atoms with Gasteiger partial charge in [-0.2, -0.15) is 0 Å². The number of hydrogen-bond donors (Lipinski definition) is 1. The Balaban J connectivity index is 2.70. The highest BCUT2D eigenvalue weighted by atomic mass is 16.5. The van der Waals surface area contributed by atoms with Crippen molar-refractivity contribution in [1.82, 2.24) is 4.98 Å². The number of aromatic nitrogens is 1. The molecule has 0 aliphatic rings. The van der Waals surface area contributed by atoms with E-state index in [1.807, 2.05) is 32.9 Å². The summed E-state index contributed by atoms with van der Waals surface area (Å²) in [5.74, 6) is 0.791. The quantitative estimate of drug-likeness (QED) is 0.772. The van der Waals surface area contributed by atoms with E-state index in [4.69, 9.17) is 10.5 Å². The van der Waals surface area contributed by atoms with Gasteiger partial charge in [-0.1, -0.05) is 0 Å². The Morgan fingerprint density at radius 3 is 2.38 bits per heavy atom. The zero-order valence-corrected chi connectivity index (χ0v) is 8.32.